The maximum absolute atomic E-state index is 13.5. The van der Waals surface area contributed by atoms with Crippen LogP contribution in [0.2, 0.25) is 0 Å². The molecule has 0 radical (unpaired) electrons. The third-order valence-electron chi connectivity index (χ3n) is 2.58. The molecule has 0 nitrogen and oxygen atoms in total. The van der Waals surface area contributed by atoms with Gasteiger partial charge in [0.05, 0.1) is 0 Å². The van der Waals surface area contributed by atoms with E-state index in [0.29, 0.717) is 11.5 Å². The topological polar surface area (TPSA) is 0 Å². The Morgan fingerprint density at radius 1 is 1.44 bits per heavy atom. The van der Waals surface area contributed by atoms with E-state index in [1.165, 1.54) is 17.2 Å². The second kappa shape index (κ2) is 6.05. The van der Waals surface area contributed by atoms with E-state index in [4.69, 9.17) is 11.6 Å². The molecular weight excluding hydrogens is 223 g/mol. The SMILES string of the molecule is C=C(Cl)/C(=C\C(F)=C/CC)C(CC)=C1CC1. The number of halogens is 2. The Bertz CT molecular complexity index is 366. The molecule has 1 aliphatic carbocycles. The predicted octanol–water partition coefficient (Wildman–Crippen LogP) is 5.43. The minimum absolute atomic E-state index is 0.230. The van der Waals surface area contributed by atoms with Gasteiger partial charge in [0.25, 0.3) is 0 Å². The molecule has 0 N–H and O–H groups in total. The van der Waals surface area contributed by atoms with Crippen LogP contribution in [0.15, 0.2) is 46.3 Å². The molecule has 0 unspecified atom stereocenters. The maximum Gasteiger partial charge on any atom is 0.119 e. The minimum atomic E-state index is -0.230. The van der Waals surface area contributed by atoms with Gasteiger partial charge >= 0.3 is 0 Å². The van der Waals surface area contributed by atoms with Gasteiger partial charge in [-0.3, -0.25) is 0 Å². The molecule has 0 heterocycles. The molecule has 0 aliphatic heterocycles. The van der Waals surface area contributed by atoms with Crippen LogP contribution in [-0.4, -0.2) is 0 Å². The van der Waals surface area contributed by atoms with E-state index in [2.05, 4.69) is 13.5 Å². The van der Waals surface area contributed by atoms with Gasteiger partial charge in [0.15, 0.2) is 0 Å². The summed E-state index contributed by atoms with van der Waals surface area (Å²) < 4.78 is 13.5. The van der Waals surface area contributed by atoms with Crippen LogP contribution in [-0.2, 0) is 0 Å². The van der Waals surface area contributed by atoms with Crippen molar-refractivity contribution in [2.45, 2.75) is 39.5 Å². The number of rotatable bonds is 5. The second-order valence-corrected chi connectivity index (χ2v) is 4.35. The molecule has 1 aliphatic rings. The lowest BCUT2D eigenvalue weighted by Crippen LogP contribution is -1.90. The zero-order chi connectivity index (χ0) is 12.1. The lowest BCUT2D eigenvalue weighted by Gasteiger charge is -2.08. The van der Waals surface area contributed by atoms with E-state index < -0.39 is 0 Å². The van der Waals surface area contributed by atoms with Crippen molar-refractivity contribution in [3.05, 3.63) is 46.3 Å². The van der Waals surface area contributed by atoms with Crippen molar-refractivity contribution in [1.82, 2.24) is 0 Å². The highest BCUT2D eigenvalue weighted by Crippen LogP contribution is 2.39. The fraction of sp³-hybridized carbons (Fsp3) is 0.429. The van der Waals surface area contributed by atoms with Crippen molar-refractivity contribution in [3.63, 3.8) is 0 Å². The van der Waals surface area contributed by atoms with Crippen molar-refractivity contribution >= 4 is 11.6 Å². The fourth-order valence-corrected chi connectivity index (χ4v) is 1.88. The molecule has 1 fully saturated rings. The van der Waals surface area contributed by atoms with Gasteiger partial charge < -0.3 is 0 Å². The van der Waals surface area contributed by atoms with Crippen LogP contribution in [0.3, 0.4) is 0 Å². The van der Waals surface area contributed by atoms with Gasteiger partial charge in [-0.1, -0.05) is 37.6 Å². The molecule has 2 heteroatoms. The van der Waals surface area contributed by atoms with Crippen LogP contribution in [0.5, 0.6) is 0 Å². The minimum Gasteiger partial charge on any atom is -0.207 e. The molecule has 0 aromatic carbocycles. The Morgan fingerprint density at radius 2 is 2.06 bits per heavy atom. The summed E-state index contributed by atoms with van der Waals surface area (Å²) in [5.41, 5.74) is 3.32. The first-order valence-electron chi connectivity index (χ1n) is 5.73. The Morgan fingerprint density at radius 3 is 2.44 bits per heavy atom. The van der Waals surface area contributed by atoms with Crippen LogP contribution < -0.4 is 0 Å². The normalized spacial score (nSPS) is 16.4. The van der Waals surface area contributed by atoms with E-state index >= 15 is 0 Å². The summed E-state index contributed by atoms with van der Waals surface area (Å²) in [6, 6.07) is 0. The van der Waals surface area contributed by atoms with Gasteiger partial charge in [-0.05, 0) is 49.0 Å². The first kappa shape index (κ1) is 13.2. The van der Waals surface area contributed by atoms with Crippen molar-refractivity contribution in [2.75, 3.05) is 0 Å². The van der Waals surface area contributed by atoms with Crippen LogP contribution in [0.1, 0.15) is 39.5 Å². The van der Waals surface area contributed by atoms with Gasteiger partial charge in [-0.2, -0.15) is 0 Å². The molecule has 0 saturated heterocycles. The average molecular weight is 241 g/mol. The highest BCUT2D eigenvalue weighted by Gasteiger charge is 2.20. The summed E-state index contributed by atoms with van der Waals surface area (Å²) in [4.78, 5) is 0. The zero-order valence-electron chi connectivity index (χ0n) is 9.95. The second-order valence-electron chi connectivity index (χ2n) is 3.90. The summed E-state index contributed by atoms with van der Waals surface area (Å²) in [6.45, 7) is 7.69. The number of allylic oxidation sites excluding steroid dienone is 7. The van der Waals surface area contributed by atoms with Crippen molar-refractivity contribution in [1.29, 1.82) is 0 Å². The Hall–Kier alpha value is -0.820. The Balaban J connectivity index is 3.04. The third kappa shape index (κ3) is 3.64. The highest BCUT2D eigenvalue weighted by molar-refractivity contribution is 6.32. The van der Waals surface area contributed by atoms with Gasteiger partial charge in [-0.25, -0.2) is 4.39 Å². The number of hydrogen-bond donors (Lipinski definition) is 0. The first-order valence-corrected chi connectivity index (χ1v) is 6.11. The van der Waals surface area contributed by atoms with E-state index in [1.807, 2.05) is 6.92 Å². The van der Waals surface area contributed by atoms with Gasteiger partial charge in [0.1, 0.15) is 5.83 Å². The fourth-order valence-electron chi connectivity index (χ4n) is 1.72. The first-order chi connectivity index (χ1) is 7.60. The third-order valence-corrected chi connectivity index (χ3v) is 2.78. The number of hydrogen-bond acceptors (Lipinski definition) is 0. The van der Waals surface area contributed by atoms with Crippen LogP contribution >= 0.6 is 11.6 Å². The molecule has 0 aromatic heterocycles. The molecule has 1 saturated carbocycles. The van der Waals surface area contributed by atoms with Gasteiger partial charge in [0, 0.05) is 5.03 Å². The Labute approximate surface area is 102 Å². The van der Waals surface area contributed by atoms with Gasteiger partial charge in [-0.15, -0.1) is 0 Å². The molecule has 0 bridgehead atoms. The van der Waals surface area contributed by atoms with E-state index in [0.717, 1.165) is 24.8 Å². The average Bonchev–Trinajstić information content (AvgIpc) is 3.01. The molecule has 1 rings (SSSR count). The van der Waals surface area contributed by atoms with Crippen molar-refractivity contribution in [3.8, 4) is 0 Å². The van der Waals surface area contributed by atoms with E-state index in [1.54, 1.807) is 6.08 Å². The summed E-state index contributed by atoms with van der Waals surface area (Å²) in [5, 5.41) is 0.427. The van der Waals surface area contributed by atoms with E-state index in [9.17, 15) is 4.39 Å². The zero-order valence-corrected chi connectivity index (χ0v) is 10.7. The Kier molecular flexibility index (Phi) is 5.01. The molecule has 0 amide bonds. The summed E-state index contributed by atoms with van der Waals surface area (Å²) in [7, 11) is 0. The lowest BCUT2D eigenvalue weighted by atomic mass is 10.0. The smallest absolute Gasteiger partial charge is 0.119 e. The van der Waals surface area contributed by atoms with Gasteiger partial charge in [0.2, 0.25) is 0 Å². The monoisotopic (exact) mass is 240 g/mol. The molecule has 0 atom stereocenters. The summed E-state index contributed by atoms with van der Waals surface area (Å²) in [6.07, 6.45) is 6.84. The molecular formula is C14H18ClF. The highest BCUT2D eigenvalue weighted by atomic mass is 35.5. The van der Waals surface area contributed by atoms with Crippen LogP contribution in [0, 0.1) is 0 Å². The van der Waals surface area contributed by atoms with Crippen LogP contribution in [0.4, 0.5) is 4.39 Å². The molecule has 0 aromatic rings. The molecule has 0 spiro atoms. The lowest BCUT2D eigenvalue weighted by molar-refractivity contribution is 0.660. The van der Waals surface area contributed by atoms with Crippen LogP contribution in [0.25, 0.3) is 0 Å². The van der Waals surface area contributed by atoms with Crippen molar-refractivity contribution < 1.29 is 4.39 Å². The van der Waals surface area contributed by atoms with E-state index in [-0.39, 0.29) is 5.83 Å². The summed E-state index contributed by atoms with van der Waals surface area (Å²) in [5.74, 6) is -0.230. The maximum atomic E-state index is 13.5. The predicted molar refractivity (Wildman–Crippen MR) is 69.1 cm³/mol. The quantitative estimate of drug-likeness (QED) is 0.562. The largest absolute Gasteiger partial charge is 0.207 e. The molecule has 16 heavy (non-hydrogen) atoms. The van der Waals surface area contributed by atoms with Crippen molar-refractivity contribution in [2.24, 2.45) is 0 Å². The molecule has 88 valence electrons. The summed E-state index contributed by atoms with van der Waals surface area (Å²) >= 11 is 5.94. The standard InChI is InChI=1S/C14H18ClF/c1-4-6-12(16)9-14(10(3)15)13(5-2)11-7-8-11/h6,9H,3-5,7-8H2,1-2H3/b12-6+,14-9+.